The van der Waals surface area contributed by atoms with Crippen LogP contribution in [0.1, 0.15) is 39.5 Å². The van der Waals surface area contributed by atoms with E-state index in [1.54, 1.807) is 0 Å². The van der Waals surface area contributed by atoms with Gasteiger partial charge in [-0.1, -0.05) is 6.92 Å². The summed E-state index contributed by atoms with van der Waals surface area (Å²) in [6.45, 7) is 10.6. The maximum Gasteiger partial charge on any atom is 0.319 e. The number of amides is 2. The molecule has 0 aromatic carbocycles. The third kappa shape index (κ3) is 3.22. The molecule has 1 spiro atoms. The Morgan fingerprint density at radius 1 is 1.16 bits per heavy atom. The summed E-state index contributed by atoms with van der Waals surface area (Å²) in [5.74, 6) is 0. The summed E-state index contributed by atoms with van der Waals surface area (Å²) >= 11 is 0. The molecular weight excluding hydrogens is 238 g/mol. The molecule has 0 radical (unpaired) electrons. The van der Waals surface area contributed by atoms with Crippen LogP contribution in [-0.4, -0.2) is 67.0 Å². The van der Waals surface area contributed by atoms with Crippen molar-refractivity contribution in [3.63, 3.8) is 0 Å². The Hall–Kier alpha value is -0.770. The number of urea groups is 1. The summed E-state index contributed by atoms with van der Waals surface area (Å²) in [5.41, 5.74) is 0.411. The minimum atomic E-state index is 0.222. The third-order valence-electron chi connectivity index (χ3n) is 5.10. The number of piperidine rings is 2. The molecule has 0 N–H and O–H groups in total. The van der Waals surface area contributed by atoms with Crippen molar-refractivity contribution in [1.82, 2.24) is 14.7 Å². The van der Waals surface area contributed by atoms with E-state index in [-0.39, 0.29) is 6.03 Å². The molecule has 2 aliphatic heterocycles. The maximum absolute atomic E-state index is 12.3. The third-order valence-corrected chi connectivity index (χ3v) is 5.10. The lowest BCUT2D eigenvalue weighted by Gasteiger charge is -2.48. The van der Waals surface area contributed by atoms with Gasteiger partial charge in [0.2, 0.25) is 0 Å². The van der Waals surface area contributed by atoms with Gasteiger partial charge in [0.15, 0.2) is 0 Å². The molecule has 2 rings (SSSR count). The highest BCUT2D eigenvalue weighted by Gasteiger charge is 2.39. The van der Waals surface area contributed by atoms with Crippen LogP contribution < -0.4 is 0 Å². The molecule has 110 valence electrons. The number of likely N-dealkylation sites (tertiary alicyclic amines) is 2. The molecule has 4 nitrogen and oxygen atoms in total. The topological polar surface area (TPSA) is 26.8 Å². The van der Waals surface area contributed by atoms with Crippen molar-refractivity contribution < 1.29 is 4.79 Å². The molecule has 2 saturated heterocycles. The van der Waals surface area contributed by atoms with Crippen molar-refractivity contribution in [3.05, 3.63) is 0 Å². The number of carbonyl (C=O) groups excluding carboxylic acids is 1. The second-order valence-corrected chi connectivity index (χ2v) is 6.26. The smallest absolute Gasteiger partial charge is 0.319 e. The Labute approximate surface area is 117 Å². The molecule has 2 heterocycles. The average Bonchev–Trinajstić information content (AvgIpc) is 2.46. The average molecular weight is 267 g/mol. The molecule has 0 aromatic rings. The molecule has 0 bridgehead atoms. The largest absolute Gasteiger partial charge is 0.328 e. The monoisotopic (exact) mass is 267 g/mol. The first-order chi connectivity index (χ1) is 9.10. The van der Waals surface area contributed by atoms with Crippen LogP contribution in [-0.2, 0) is 0 Å². The van der Waals surface area contributed by atoms with E-state index in [0.29, 0.717) is 5.41 Å². The van der Waals surface area contributed by atoms with Gasteiger partial charge in [0, 0.05) is 26.7 Å². The molecule has 0 aliphatic carbocycles. The van der Waals surface area contributed by atoms with Crippen molar-refractivity contribution in [3.8, 4) is 0 Å². The van der Waals surface area contributed by atoms with Gasteiger partial charge in [-0.3, -0.25) is 0 Å². The number of rotatable bonds is 2. The highest BCUT2D eigenvalue weighted by molar-refractivity contribution is 5.74. The van der Waals surface area contributed by atoms with Crippen molar-refractivity contribution in [2.45, 2.75) is 39.5 Å². The SMILES string of the molecule is CCN1CCC2(CCCN(C(=O)N(C)CC)C2)CC1. The lowest BCUT2D eigenvalue weighted by atomic mass is 9.72. The van der Waals surface area contributed by atoms with E-state index in [1.807, 2.05) is 18.9 Å². The first kappa shape index (κ1) is 14.6. The zero-order valence-corrected chi connectivity index (χ0v) is 12.8. The maximum atomic E-state index is 12.3. The molecule has 2 amide bonds. The van der Waals surface area contributed by atoms with Gasteiger partial charge in [-0.2, -0.15) is 0 Å². The second-order valence-electron chi connectivity index (χ2n) is 6.26. The van der Waals surface area contributed by atoms with Gasteiger partial charge in [-0.25, -0.2) is 4.79 Å². The first-order valence-electron chi connectivity index (χ1n) is 7.82. The Morgan fingerprint density at radius 2 is 1.84 bits per heavy atom. The van der Waals surface area contributed by atoms with E-state index in [9.17, 15) is 4.79 Å². The van der Waals surface area contributed by atoms with Gasteiger partial charge in [0.25, 0.3) is 0 Å². The zero-order valence-electron chi connectivity index (χ0n) is 12.8. The zero-order chi connectivity index (χ0) is 13.9. The van der Waals surface area contributed by atoms with E-state index < -0.39 is 0 Å². The number of hydrogen-bond donors (Lipinski definition) is 0. The molecule has 0 unspecified atom stereocenters. The van der Waals surface area contributed by atoms with Gasteiger partial charge < -0.3 is 14.7 Å². The second kappa shape index (κ2) is 6.12. The normalized spacial score (nSPS) is 23.6. The van der Waals surface area contributed by atoms with Gasteiger partial charge in [0.1, 0.15) is 0 Å². The van der Waals surface area contributed by atoms with Crippen LogP contribution in [0, 0.1) is 5.41 Å². The van der Waals surface area contributed by atoms with E-state index in [1.165, 1.54) is 38.8 Å². The molecule has 0 aromatic heterocycles. The standard InChI is InChI=1S/C15H29N3O/c1-4-16(3)14(19)18-10-6-7-15(13-18)8-11-17(5-2)12-9-15/h4-13H2,1-3H3. The lowest BCUT2D eigenvalue weighted by molar-refractivity contribution is 0.0335. The highest BCUT2D eigenvalue weighted by Crippen LogP contribution is 2.39. The Morgan fingerprint density at radius 3 is 2.42 bits per heavy atom. The molecule has 0 saturated carbocycles. The predicted octanol–water partition coefficient (Wildman–Crippen LogP) is 2.26. The van der Waals surface area contributed by atoms with E-state index in [0.717, 1.165) is 26.2 Å². The molecular formula is C15H29N3O. The van der Waals surface area contributed by atoms with Gasteiger partial charge in [-0.05, 0) is 57.7 Å². The van der Waals surface area contributed by atoms with Crippen molar-refractivity contribution >= 4 is 6.03 Å². The van der Waals surface area contributed by atoms with Crippen LogP contribution in [0.25, 0.3) is 0 Å². The number of nitrogens with zero attached hydrogens (tertiary/aromatic N) is 3. The quantitative estimate of drug-likeness (QED) is 0.767. The molecule has 2 aliphatic rings. The summed E-state index contributed by atoms with van der Waals surface area (Å²) in [6, 6.07) is 0.222. The fourth-order valence-electron chi connectivity index (χ4n) is 3.50. The summed E-state index contributed by atoms with van der Waals surface area (Å²) in [5, 5.41) is 0. The summed E-state index contributed by atoms with van der Waals surface area (Å²) in [6.07, 6.45) is 5.01. The minimum Gasteiger partial charge on any atom is -0.328 e. The fraction of sp³-hybridized carbons (Fsp3) is 0.933. The van der Waals surface area contributed by atoms with Gasteiger partial charge in [0.05, 0.1) is 0 Å². The Kier molecular flexibility index (Phi) is 4.71. The first-order valence-corrected chi connectivity index (χ1v) is 7.82. The van der Waals surface area contributed by atoms with Crippen LogP contribution >= 0.6 is 0 Å². The van der Waals surface area contributed by atoms with Crippen molar-refractivity contribution in [1.29, 1.82) is 0 Å². The molecule has 19 heavy (non-hydrogen) atoms. The summed E-state index contributed by atoms with van der Waals surface area (Å²) in [7, 11) is 1.91. The number of carbonyl (C=O) groups is 1. The molecule has 4 heteroatoms. The van der Waals surface area contributed by atoms with Gasteiger partial charge in [-0.15, -0.1) is 0 Å². The number of hydrogen-bond acceptors (Lipinski definition) is 2. The minimum absolute atomic E-state index is 0.222. The van der Waals surface area contributed by atoms with Crippen molar-refractivity contribution in [2.75, 3.05) is 46.3 Å². The molecule has 2 fully saturated rings. The summed E-state index contributed by atoms with van der Waals surface area (Å²) in [4.78, 5) is 18.8. The van der Waals surface area contributed by atoms with Crippen LogP contribution in [0.5, 0.6) is 0 Å². The van der Waals surface area contributed by atoms with Crippen LogP contribution in [0.3, 0.4) is 0 Å². The van der Waals surface area contributed by atoms with E-state index in [2.05, 4.69) is 16.7 Å². The van der Waals surface area contributed by atoms with Crippen LogP contribution in [0.4, 0.5) is 4.79 Å². The fourth-order valence-corrected chi connectivity index (χ4v) is 3.50. The van der Waals surface area contributed by atoms with Crippen LogP contribution in [0.15, 0.2) is 0 Å². The summed E-state index contributed by atoms with van der Waals surface area (Å²) < 4.78 is 0. The Balaban J connectivity index is 1.95. The molecule has 0 atom stereocenters. The van der Waals surface area contributed by atoms with E-state index in [4.69, 9.17) is 0 Å². The van der Waals surface area contributed by atoms with Crippen molar-refractivity contribution in [2.24, 2.45) is 5.41 Å². The van der Waals surface area contributed by atoms with Gasteiger partial charge >= 0.3 is 6.03 Å². The van der Waals surface area contributed by atoms with Crippen LogP contribution in [0.2, 0.25) is 0 Å². The lowest BCUT2D eigenvalue weighted by Crippen LogP contribution is -2.53. The predicted molar refractivity (Wildman–Crippen MR) is 78.3 cm³/mol. The van der Waals surface area contributed by atoms with E-state index >= 15 is 0 Å². The Bertz CT molecular complexity index is 311. The highest BCUT2D eigenvalue weighted by atomic mass is 16.2.